The maximum Gasteiger partial charge on any atom is 0.459 e. The maximum absolute atomic E-state index is 14.3. The van der Waals surface area contributed by atoms with Crippen LogP contribution in [-0.2, 0) is 48.0 Å². The van der Waals surface area contributed by atoms with Crippen LogP contribution in [-0.4, -0.2) is 70.1 Å². The standard InChI is InChI=1S/C32H41N6O10P/c1-7-31(5,6)15-16-43-30(41)20(2)37-49(42,48-23-11-9-8-10-12-23)44-17-25-27(45-21(3)39)28(46-22(4)40)32(18-33,47-25)26-14-13-24-29(34)35-19-36-38(24)26/h8-14,19-20,25,27-28H,7,15-17H2,1-6H3,(H,37,42)(H2,34,35,36)/t20-,25+,27+,28+,32-,49?/m0/s1. The van der Waals surface area contributed by atoms with Gasteiger partial charge in [-0.15, -0.1) is 0 Å². The minimum atomic E-state index is -4.44. The first-order valence-electron chi connectivity index (χ1n) is 15.6. The molecule has 1 unspecified atom stereocenters. The van der Waals surface area contributed by atoms with Crippen LogP contribution in [0.2, 0.25) is 0 Å². The van der Waals surface area contributed by atoms with E-state index >= 15 is 0 Å². The van der Waals surface area contributed by atoms with Gasteiger partial charge in [0.15, 0.2) is 18.0 Å². The second kappa shape index (κ2) is 15.3. The van der Waals surface area contributed by atoms with Gasteiger partial charge in [-0.1, -0.05) is 45.4 Å². The predicted octanol–water partition coefficient (Wildman–Crippen LogP) is 3.84. The minimum Gasteiger partial charge on any atom is -0.465 e. The third-order valence-electron chi connectivity index (χ3n) is 8.09. The highest BCUT2D eigenvalue weighted by molar-refractivity contribution is 7.52. The van der Waals surface area contributed by atoms with Crippen LogP contribution in [0, 0.1) is 16.7 Å². The molecule has 1 aliphatic heterocycles. The Morgan fingerprint density at radius 1 is 1.16 bits per heavy atom. The van der Waals surface area contributed by atoms with Crippen molar-refractivity contribution in [1.29, 1.82) is 5.26 Å². The Morgan fingerprint density at radius 3 is 2.49 bits per heavy atom. The number of nitrogens with zero attached hydrogens (tertiary/aromatic N) is 4. The molecule has 0 bridgehead atoms. The van der Waals surface area contributed by atoms with Crippen molar-refractivity contribution in [3.63, 3.8) is 0 Å². The van der Waals surface area contributed by atoms with Crippen molar-refractivity contribution in [3.8, 4) is 11.8 Å². The van der Waals surface area contributed by atoms with E-state index in [1.807, 2.05) is 6.92 Å². The van der Waals surface area contributed by atoms with E-state index in [0.29, 0.717) is 11.9 Å². The van der Waals surface area contributed by atoms with Gasteiger partial charge in [-0.25, -0.2) is 14.1 Å². The first-order chi connectivity index (χ1) is 23.1. The maximum atomic E-state index is 14.3. The number of para-hydroxylation sites is 1. The number of fused-ring (bicyclic) bond motifs is 1. The van der Waals surface area contributed by atoms with E-state index < -0.39 is 62.2 Å². The summed E-state index contributed by atoms with van der Waals surface area (Å²) in [5, 5.41) is 17.4. The van der Waals surface area contributed by atoms with Crippen LogP contribution in [0.5, 0.6) is 5.75 Å². The fourth-order valence-electron chi connectivity index (χ4n) is 5.07. The van der Waals surface area contributed by atoms with Gasteiger partial charge in [-0.05, 0) is 43.0 Å². The monoisotopic (exact) mass is 700 g/mol. The predicted molar refractivity (Wildman–Crippen MR) is 174 cm³/mol. The first-order valence-corrected chi connectivity index (χ1v) is 17.1. The number of nitriles is 1. The Labute approximate surface area is 283 Å². The fraction of sp³-hybridized carbons (Fsp3) is 0.500. The minimum absolute atomic E-state index is 0.0408. The van der Waals surface area contributed by atoms with Crippen molar-refractivity contribution in [2.75, 3.05) is 18.9 Å². The molecule has 0 spiro atoms. The highest BCUT2D eigenvalue weighted by atomic mass is 31.2. The molecular formula is C32H41N6O10P. The van der Waals surface area contributed by atoms with Crippen molar-refractivity contribution in [2.24, 2.45) is 5.41 Å². The quantitative estimate of drug-likeness (QED) is 0.131. The molecule has 4 rings (SSSR count). The lowest BCUT2D eigenvalue weighted by Crippen LogP contribution is -2.45. The van der Waals surface area contributed by atoms with Crippen molar-refractivity contribution in [2.45, 2.75) is 84.3 Å². The molecule has 6 atom stereocenters. The Bertz CT molecular complexity index is 1740. The molecule has 1 fully saturated rings. The van der Waals surface area contributed by atoms with Gasteiger partial charge < -0.3 is 29.2 Å². The lowest BCUT2D eigenvalue weighted by molar-refractivity contribution is -0.166. The summed E-state index contributed by atoms with van der Waals surface area (Å²) < 4.78 is 50.0. The molecule has 1 aliphatic rings. The zero-order valence-corrected chi connectivity index (χ0v) is 29.0. The Balaban J connectivity index is 1.66. The molecule has 0 saturated carbocycles. The van der Waals surface area contributed by atoms with Crippen LogP contribution in [0.15, 0.2) is 48.8 Å². The molecule has 16 nitrogen and oxygen atoms in total. The molecular weight excluding hydrogens is 659 g/mol. The number of rotatable bonds is 15. The zero-order chi connectivity index (χ0) is 36.0. The average molecular weight is 701 g/mol. The Hall–Kier alpha value is -4.55. The second-order valence-corrected chi connectivity index (χ2v) is 13.9. The third-order valence-corrected chi connectivity index (χ3v) is 9.73. The topological polar surface area (TPSA) is 216 Å². The molecule has 3 N–H and O–H groups in total. The summed E-state index contributed by atoms with van der Waals surface area (Å²) in [5.74, 6) is -2.05. The molecule has 0 amide bonds. The summed E-state index contributed by atoms with van der Waals surface area (Å²) in [6.07, 6.45) is -1.70. The average Bonchev–Trinajstić information content (AvgIpc) is 3.60. The third kappa shape index (κ3) is 8.73. The van der Waals surface area contributed by atoms with E-state index in [1.54, 1.807) is 18.2 Å². The lowest BCUT2D eigenvalue weighted by atomic mass is 9.87. The number of benzene rings is 1. The number of esters is 3. The highest BCUT2D eigenvalue weighted by Gasteiger charge is 2.62. The molecule has 1 aromatic carbocycles. The van der Waals surface area contributed by atoms with Crippen molar-refractivity contribution in [1.82, 2.24) is 19.7 Å². The van der Waals surface area contributed by atoms with Gasteiger partial charge in [0.25, 0.3) is 0 Å². The van der Waals surface area contributed by atoms with Gasteiger partial charge in [0.1, 0.15) is 35.8 Å². The van der Waals surface area contributed by atoms with E-state index in [2.05, 4.69) is 35.1 Å². The van der Waals surface area contributed by atoms with Gasteiger partial charge in [-0.2, -0.15) is 15.4 Å². The summed E-state index contributed by atoms with van der Waals surface area (Å²) in [7, 11) is -4.44. The van der Waals surface area contributed by atoms with Crippen LogP contribution in [0.25, 0.3) is 5.52 Å². The Morgan fingerprint density at radius 2 is 1.86 bits per heavy atom. The lowest BCUT2D eigenvalue weighted by Gasteiger charge is -2.28. The van der Waals surface area contributed by atoms with Crippen LogP contribution >= 0.6 is 7.75 Å². The molecule has 1 saturated heterocycles. The van der Waals surface area contributed by atoms with E-state index in [4.69, 9.17) is 33.7 Å². The van der Waals surface area contributed by atoms with Gasteiger partial charge in [0.2, 0.25) is 5.60 Å². The molecule has 2 aromatic heterocycles. The number of nitrogens with two attached hydrogens (primary N) is 1. The number of carbonyl (C=O) groups excluding carboxylic acids is 3. The highest BCUT2D eigenvalue weighted by Crippen LogP contribution is 2.48. The summed E-state index contributed by atoms with van der Waals surface area (Å²) in [6, 6.07) is 12.0. The summed E-state index contributed by atoms with van der Waals surface area (Å²) in [4.78, 5) is 41.5. The molecule has 0 radical (unpaired) electrons. The van der Waals surface area contributed by atoms with Gasteiger partial charge in [0.05, 0.1) is 18.9 Å². The largest absolute Gasteiger partial charge is 0.465 e. The van der Waals surface area contributed by atoms with Gasteiger partial charge >= 0.3 is 25.7 Å². The zero-order valence-electron chi connectivity index (χ0n) is 28.2. The molecule has 0 aliphatic carbocycles. The molecule has 264 valence electrons. The number of nitrogen functional groups attached to an aromatic ring is 1. The molecule has 3 heterocycles. The number of hydrogen-bond acceptors (Lipinski definition) is 14. The number of aromatic nitrogens is 3. The SMILES string of the molecule is CCC(C)(C)CCOC(=O)[C@H](C)NP(=O)(OC[C@H]1O[C@@](C#N)(c2ccc3c(N)ncnn23)[C@H](OC(C)=O)[C@@H]1OC(C)=O)Oc1ccccc1. The van der Waals surface area contributed by atoms with E-state index in [9.17, 15) is 24.2 Å². The number of ether oxygens (including phenoxy) is 4. The van der Waals surface area contributed by atoms with Gasteiger partial charge in [-0.3, -0.25) is 18.9 Å². The van der Waals surface area contributed by atoms with Crippen LogP contribution in [0.1, 0.15) is 60.1 Å². The Kier molecular flexibility index (Phi) is 11.7. The van der Waals surface area contributed by atoms with E-state index in [0.717, 1.165) is 26.6 Å². The van der Waals surface area contributed by atoms with Crippen LogP contribution < -0.4 is 15.3 Å². The van der Waals surface area contributed by atoms with Crippen molar-refractivity contribution >= 4 is 37.0 Å². The van der Waals surface area contributed by atoms with Crippen LogP contribution in [0.4, 0.5) is 5.82 Å². The normalized spacial score (nSPS) is 22.4. The molecule has 17 heteroatoms. The molecule has 3 aromatic rings. The second-order valence-electron chi connectivity index (χ2n) is 12.3. The number of nitrogens with one attached hydrogen (secondary N) is 1. The fourth-order valence-corrected chi connectivity index (χ4v) is 6.58. The first kappa shape index (κ1) is 37.3. The van der Waals surface area contributed by atoms with Crippen molar-refractivity contribution < 1.29 is 46.9 Å². The number of hydrogen-bond donors (Lipinski definition) is 2. The summed E-state index contributed by atoms with van der Waals surface area (Å²) in [5.41, 5.74) is 4.24. The summed E-state index contributed by atoms with van der Waals surface area (Å²) in [6.45, 7) is 9.34. The van der Waals surface area contributed by atoms with Crippen LogP contribution in [0.3, 0.4) is 0 Å². The molecule has 49 heavy (non-hydrogen) atoms. The number of carbonyl (C=O) groups is 3. The summed E-state index contributed by atoms with van der Waals surface area (Å²) >= 11 is 0. The van der Waals surface area contributed by atoms with E-state index in [1.165, 1.54) is 35.7 Å². The number of anilines is 1. The van der Waals surface area contributed by atoms with Gasteiger partial charge in [0, 0.05) is 13.8 Å². The smallest absolute Gasteiger partial charge is 0.459 e. The van der Waals surface area contributed by atoms with E-state index in [-0.39, 0.29) is 29.3 Å². The van der Waals surface area contributed by atoms with Crippen molar-refractivity contribution in [3.05, 3.63) is 54.5 Å².